The number of fused-ring (bicyclic) bond motifs is 2. The highest BCUT2D eigenvalue weighted by molar-refractivity contribution is 7.99. The molecular formula is C11H10N4O2S2. The van der Waals surface area contributed by atoms with Crippen LogP contribution >= 0.6 is 23.1 Å². The molecule has 2 fully saturated rings. The predicted octanol–water partition coefficient (Wildman–Crippen LogP) is 1.55. The van der Waals surface area contributed by atoms with E-state index in [9.17, 15) is 9.59 Å². The molecule has 98 valence electrons. The third-order valence-corrected chi connectivity index (χ3v) is 5.21. The Bertz CT molecular complexity index is 685. The molecule has 0 aliphatic carbocycles. The molecule has 0 spiro atoms. The second-order valence-corrected chi connectivity index (χ2v) is 6.39. The van der Waals surface area contributed by atoms with Crippen molar-refractivity contribution in [3.63, 3.8) is 0 Å². The number of carbonyl (C=O) groups excluding carboxylic acids is 2. The van der Waals surface area contributed by atoms with Crippen LogP contribution in [0.15, 0.2) is 11.6 Å². The van der Waals surface area contributed by atoms with Crippen LogP contribution in [0.3, 0.4) is 0 Å². The lowest BCUT2D eigenvalue weighted by Gasteiger charge is -2.14. The van der Waals surface area contributed by atoms with Crippen molar-refractivity contribution in [1.82, 2.24) is 14.3 Å². The van der Waals surface area contributed by atoms with Crippen LogP contribution in [0.5, 0.6) is 0 Å². The molecule has 6 nitrogen and oxygen atoms in total. The van der Waals surface area contributed by atoms with Gasteiger partial charge in [0.1, 0.15) is 6.04 Å². The zero-order valence-corrected chi connectivity index (χ0v) is 11.7. The van der Waals surface area contributed by atoms with E-state index in [0.717, 1.165) is 4.96 Å². The number of amides is 3. The van der Waals surface area contributed by atoms with Crippen LogP contribution in [0.2, 0.25) is 0 Å². The van der Waals surface area contributed by atoms with Gasteiger partial charge in [-0.15, -0.1) is 23.1 Å². The zero-order valence-electron chi connectivity index (χ0n) is 10.1. The molecule has 3 amide bonds. The molecule has 0 bridgehead atoms. The van der Waals surface area contributed by atoms with Gasteiger partial charge in [0.05, 0.1) is 11.6 Å². The van der Waals surface area contributed by atoms with Gasteiger partial charge in [0, 0.05) is 17.3 Å². The monoisotopic (exact) mass is 294 g/mol. The molecule has 2 aromatic heterocycles. The number of thioether (sulfide) groups is 1. The molecule has 0 saturated carbocycles. The number of thiazole rings is 1. The van der Waals surface area contributed by atoms with Gasteiger partial charge in [-0.1, -0.05) is 0 Å². The number of carbonyl (C=O) groups is 2. The Morgan fingerprint density at radius 1 is 1.42 bits per heavy atom. The van der Waals surface area contributed by atoms with Gasteiger partial charge in [-0.2, -0.15) is 0 Å². The third kappa shape index (κ3) is 1.35. The van der Waals surface area contributed by atoms with Crippen molar-refractivity contribution in [2.75, 3.05) is 16.5 Å². The maximum atomic E-state index is 12.4. The van der Waals surface area contributed by atoms with E-state index in [1.54, 1.807) is 16.7 Å². The Morgan fingerprint density at radius 2 is 2.26 bits per heavy atom. The number of rotatable bonds is 1. The van der Waals surface area contributed by atoms with E-state index in [4.69, 9.17) is 0 Å². The van der Waals surface area contributed by atoms with Crippen LogP contribution in [-0.2, 0) is 4.79 Å². The highest BCUT2D eigenvalue weighted by Crippen LogP contribution is 2.34. The summed E-state index contributed by atoms with van der Waals surface area (Å²) in [5.74, 6) is 1.74. The van der Waals surface area contributed by atoms with Gasteiger partial charge in [0.2, 0.25) is 0 Å². The average Bonchev–Trinajstić information content (AvgIpc) is 3.08. The van der Waals surface area contributed by atoms with Gasteiger partial charge in [0.25, 0.3) is 5.91 Å². The molecule has 19 heavy (non-hydrogen) atoms. The van der Waals surface area contributed by atoms with Gasteiger partial charge < -0.3 is 4.90 Å². The number of hydrogen-bond acceptors (Lipinski definition) is 5. The first kappa shape index (κ1) is 11.3. The number of aryl methyl sites for hydroxylation is 1. The Balaban J connectivity index is 1.88. The van der Waals surface area contributed by atoms with Gasteiger partial charge in [-0.05, 0) is 6.92 Å². The molecular weight excluding hydrogens is 284 g/mol. The minimum atomic E-state index is -0.305. The third-order valence-electron chi connectivity index (χ3n) is 3.44. The molecule has 0 radical (unpaired) electrons. The van der Waals surface area contributed by atoms with Crippen molar-refractivity contribution in [2.24, 2.45) is 0 Å². The predicted molar refractivity (Wildman–Crippen MR) is 73.6 cm³/mol. The Kier molecular flexibility index (Phi) is 2.22. The van der Waals surface area contributed by atoms with Crippen molar-refractivity contribution in [2.45, 2.75) is 13.0 Å². The fourth-order valence-electron chi connectivity index (χ4n) is 2.55. The number of hydrogen-bond donors (Lipinski definition) is 0. The van der Waals surface area contributed by atoms with Gasteiger partial charge >= 0.3 is 6.03 Å². The van der Waals surface area contributed by atoms with Crippen LogP contribution in [0.25, 0.3) is 4.96 Å². The van der Waals surface area contributed by atoms with Gasteiger partial charge in [0.15, 0.2) is 10.8 Å². The maximum absolute atomic E-state index is 12.4. The molecule has 1 atom stereocenters. The minimum absolute atomic E-state index is 0.133. The second kappa shape index (κ2) is 3.73. The lowest BCUT2D eigenvalue weighted by Crippen LogP contribution is -2.34. The molecule has 0 aromatic carbocycles. The first-order chi connectivity index (χ1) is 9.18. The van der Waals surface area contributed by atoms with Crippen molar-refractivity contribution in [1.29, 1.82) is 0 Å². The molecule has 2 saturated heterocycles. The zero-order chi connectivity index (χ0) is 13.1. The molecule has 4 heterocycles. The van der Waals surface area contributed by atoms with Gasteiger partial charge in [-0.3, -0.25) is 9.20 Å². The number of nitrogens with zero attached hydrogens (tertiary/aromatic N) is 4. The smallest absolute Gasteiger partial charge is 0.302 e. The average molecular weight is 294 g/mol. The van der Waals surface area contributed by atoms with E-state index in [2.05, 4.69) is 4.98 Å². The molecule has 8 heteroatoms. The van der Waals surface area contributed by atoms with Gasteiger partial charge in [-0.25, -0.2) is 14.7 Å². The topological polar surface area (TPSA) is 57.9 Å². The van der Waals surface area contributed by atoms with Crippen LogP contribution in [0.4, 0.5) is 10.6 Å². The number of imide groups is 1. The molecule has 4 rings (SSSR count). The van der Waals surface area contributed by atoms with Crippen LogP contribution < -0.4 is 4.90 Å². The standard InChI is InChI=1S/C11H10N4O2S2/c1-6-8(13-2-3-19-10(13)12-6)15-9(16)7-4-18-5-14(7)11(15)17/h2-3,7H,4-5H2,1H3. The summed E-state index contributed by atoms with van der Waals surface area (Å²) in [7, 11) is 0. The lowest BCUT2D eigenvalue weighted by molar-refractivity contribution is -0.118. The van der Waals surface area contributed by atoms with Crippen LogP contribution in [0, 0.1) is 6.92 Å². The van der Waals surface area contributed by atoms with E-state index in [1.165, 1.54) is 16.2 Å². The van der Waals surface area contributed by atoms with Crippen molar-refractivity contribution < 1.29 is 9.59 Å². The summed E-state index contributed by atoms with van der Waals surface area (Å²) < 4.78 is 1.81. The van der Waals surface area contributed by atoms with E-state index in [-0.39, 0.29) is 18.0 Å². The summed E-state index contributed by atoms with van der Waals surface area (Å²) in [6, 6.07) is -0.530. The van der Waals surface area contributed by atoms with Crippen molar-refractivity contribution in [3.05, 3.63) is 17.3 Å². The quantitative estimate of drug-likeness (QED) is 0.749. The summed E-state index contributed by atoms with van der Waals surface area (Å²) in [5.41, 5.74) is 0.711. The largest absolute Gasteiger partial charge is 0.334 e. The van der Waals surface area contributed by atoms with Crippen molar-refractivity contribution >= 4 is 45.8 Å². The van der Waals surface area contributed by atoms with E-state index in [1.807, 2.05) is 22.9 Å². The number of aromatic nitrogens is 2. The summed E-state index contributed by atoms with van der Waals surface area (Å²) in [5, 5.41) is 1.90. The maximum Gasteiger partial charge on any atom is 0.334 e. The first-order valence-electron chi connectivity index (χ1n) is 5.83. The summed E-state index contributed by atoms with van der Waals surface area (Å²) in [6.07, 6.45) is 1.84. The second-order valence-electron chi connectivity index (χ2n) is 4.52. The Morgan fingerprint density at radius 3 is 3.05 bits per heavy atom. The fourth-order valence-corrected chi connectivity index (χ4v) is 4.45. The molecule has 1 unspecified atom stereocenters. The Labute approximate surface area is 117 Å². The normalized spacial score (nSPS) is 22.9. The lowest BCUT2D eigenvalue weighted by atomic mass is 10.3. The molecule has 2 aliphatic rings. The number of imidazole rings is 1. The minimum Gasteiger partial charge on any atom is -0.302 e. The molecule has 2 aliphatic heterocycles. The van der Waals surface area contributed by atoms with Crippen LogP contribution in [-0.4, -0.2) is 43.9 Å². The number of urea groups is 1. The Hall–Kier alpha value is -1.54. The highest BCUT2D eigenvalue weighted by Gasteiger charge is 2.49. The molecule has 2 aromatic rings. The number of anilines is 1. The molecule has 0 N–H and O–H groups in total. The van der Waals surface area contributed by atoms with Crippen molar-refractivity contribution in [3.8, 4) is 0 Å². The summed E-state index contributed by atoms with van der Waals surface area (Å²) >= 11 is 3.11. The fraction of sp³-hybridized carbons (Fsp3) is 0.364. The van der Waals surface area contributed by atoms with E-state index < -0.39 is 0 Å². The van der Waals surface area contributed by atoms with E-state index in [0.29, 0.717) is 23.1 Å². The van der Waals surface area contributed by atoms with E-state index >= 15 is 0 Å². The SMILES string of the molecule is Cc1nc2sccn2c1N1C(=O)C2CSCN2C1=O. The summed E-state index contributed by atoms with van der Waals surface area (Å²) in [6.45, 7) is 1.83. The highest BCUT2D eigenvalue weighted by atomic mass is 32.2. The summed E-state index contributed by atoms with van der Waals surface area (Å²) in [4.78, 5) is 32.9. The van der Waals surface area contributed by atoms with Crippen LogP contribution in [0.1, 0.15) is 5.69 Å². The first-order valence-corrected chi connectivity index (χ1v) is 7.86.